The SMILES string of the molecule is CCCCc1nc2c(N)nc3ccccc3c2n1CCCN(Cc1ccc(OCC)cc1)C(=O)CN1CCN(CCOC)CC1. The molecule has 3 heterocycles. The van der Waals surface area contributed by atoms with Crippen LogP contribution in [0.4, 0.5) is 5.82 Å². The number of nitrogen functional groups attached to an aromatic ring is 1. The number of hydrogen-bond acceptors (Lipinski definition) is 8. The lowest BCUT2D eigenvalue weighted by molar-refractivity contribution is -0.133. The van der Waals surface area contributed by atoms with E-state index < -0.39 is 0 Å². The van der Waals surface area contributed by atoms with Gasteiger partial charge in [0.1, 0.15) is 17.1 Å². The topological polar surface area (TPSA) is 102 Å². The first-order valence-corrected chi connectivity index (χ1v) is 16.5. The maximum Gasteiger partial charge on any atom is 0.237 e. The van der Waals surface area contributed by atoms with Crippen LogP contribution in [0.15, 0.2) is 48.5 Å². The number of fused-ring (bicyclic) bond motifs is 3. The van der Waals surface area contributed by atoms with E-state index in [-0.39, 0.29) is 5.91 Å². The number of methoxy groups -OCH3 is 1. The van der Waals surface area contributed by atoms with Gasteiger partial charge in [0.25, 0.3) is 0 Å². The third kappa shape index (κ3) is 8.31. The van der Waals surface area contributed by atoms with Gasteiger partial charge in [-0.15, -0.1) is 0 Å². The van der Waals surface area contributed by atoms with Crippen molar-refractivity contribution in [3.63, 3.8) is 0 Å². The van der Waals surface area contributed by atoms with Crippen molar-refractivity contribution in [3.05, 3.63) is 59.9 Å². The molecule has 10 heteroatoms. The second-order valence-corrected chi connectivity index (χ2v) is 11.9. The largest absolute Gasteiger partial charge is 0.494 e. The molecule has 2 N–H and O–H groups in total. The highest BCUT2D eigenvalue weighted by molar-refractivity contribution is 6.06. The summed E-state index contributed by atoms with van der Waals surface area (Å²) < 4.78 is 13.2. The molecule has 5 rings (SSSR count). The van der Waals surface area contributed by atoms with E-state index in [0.717, 1.165) is 111 Å². The number of pyridine rings is 1. The third-order valence-corrected chi connectivity index (χ3v) is 8.65. The van der Waals surface area contributed by atoms with Gasteiger partial charge in [0.2, 0.25) is 5.91 Å². The number of imidazole rings is 1. The maximum absolute atomic E-state index is 13.9. The predicted octanol–water partition coefficient (Wildman–Crippen LogP) is 4.59. The highest BCUT2D eigenvalue weighted by Crippen LogP contribution is 2.29. The molecular weight excluding hydrogens is 566 g/mol. The molecule has 0 spiro atoms. The van der Waals surface area contributed by atoms with Crippen LogP contribution < -0.4 is 10.5 Å². The lowest BCUT2D eigenvalue weighted by atomic mass is 10.1. The molecule has 1 aliphatic rings. The van der Waals surface area contributed by atoms with Gasteiger partial charge in [-0.1, -0.05) is 43.7 Å². The summed E-state index contributed by atoms with van der Waals surface area (Å²) in [4.78, 5) is 30.2. The number of para-hydroxylation sites is 1. The number of unbranched alkanes of at least 4 members (excludes halogenated alkanes) is 1. The molecule has 1 fully saturated rings. The predicted molar refractivity (Wildman–Crippen MR) is 180 cm³/mol. The first kappa shape index (κ1) is 32.7. The van der Waals surface area contributed by atoms with E-state index in [9.17, 15) is 4.79 Å². The Balaban J connectivity index is 1.33. The van der Waals surface area contributed by atoms with Crippen molar-refractivity contribution in [3.8, 4) is 5.75 Å². The normalized spacial score (nSPS) is 14.4. The third-order valence-electron chi connectivity index (χ3n) is 8.65. The van der Waals surface area contributed by atoms with Gasteiger partial charge in [-0.2, -0.15) is 0 Å². The molecule has 2 aromatic carbocycles. The molecule has 0 aliphatic carbocycles. The lowest BCUT2D eigenvalue weighted by Crippen LogP contribution is -2.50. The zero-order valence-corrected chi connectivity index (χ0v) is 27.2. The van der Waals surface area contributed by atoms with Crippen molar-refractivity contribution < 1.29 is 14.3 Å². The van der Waals surface area contributed by atoms with Gasteiger partial charge < -0.3 is 24.7 Å². The molecule has 10 nitrogen and oxygen atoms in total. The lowest BCUT2D eigenvalue weighted by Gasteiger charge is -2.35. The molecule has 1 amide bonds. The number of carbonyl (C=O) groups excluding carboxylic acids is 1. The van der Waals surface area contributed by atoms with Gasteiger partial charge in [0.15, 0.2) is 5.82 Å². The smallest absolute Gasteiger partial charge is 0.237 e. The zero-order valence-electron chi connectivity index (χ0n) is 27.2. The summed E-state index contributed by atoms with van der Waals surface area (Å²) in [5.74, 6) is 2.51. The molecule has 1 aliphatic heterocycles. The van der Waals surface area contributed by atoms with Crippen LogP contribution in [0.1, 0.15) is 44.5 Å². The number of anilines is 1. The van der Waals surface area contributed by atoms with Crippen LogP contribution in [-0.4, -0.2) is 101 Å². The Morgan fingerprint density at radius 1 is 0.956 bits per heavy atom. The highest BCUT2D eigenvalue weighted by atomic mass is 16.5. The van der Waals surface area contributed by atoms with E-state index >= 15 is 0 Å². The van der Waals surface area contributed by atoms with Crippen molar-refractivity contribution in [1.29, 1.82) is 0 Å². The van der Waals surface area contributed by atoms with Gasteiger partial charge in [-0.3, -0.25) is 14.6 Å². The van der Waals surface area contributed by atoms with Crippen LogP contribution >= 0.6 is 0 Å². The summed E-state index contributed by atoms with van der Waals surface area (Å²) >= 11 is 0. The number of amides is 1. The van der Waals surface area contributed by atoms with Crippen molar-refractivity contribution in [2.45, 2.75) is 52.6 Å². The molecule has 45 heavy (non-hydrogen) atoms. The fraction of sp³-hybridized carbons (Fsp3) is 0.514. The number of aromatic nitrogens is 3. The molecule has 0 radical (unpaired) electrons. The Labute approximate surface area is 267 Å². The Morgan fingerprint density at radius 2 is 1.71 bits per heavy atom. The number of nitrogens with two attached hydrogens (primary N) is 1. The summed E-state index contributed by atoms with van der Waals surface area (Å²) in [7, 11) is 1.74. The number of nitrogens with zero attached hydrogens (tertiary/aromatic N) is 6. The van der Waals surface area contributed by atoms with Crippen molar-refractivity contribution in [1.82, 2.24) is 29.2 Å². The van der Waals surface area contributed by atoms with Gasteiger partial charge in [0.05, 0.1) is 30.8 Å². The maximum atomic E-state index is 13.9. The summed E-state index contributed by atoms with van der Waals surface area (Å²) in [6.45, 7) is 12.5. The first-order valence-electron chi connectivity index (χ1n) is 16.5. The minimum absolute atomic E-state index is 0.162. The van der Waals surface area contributed by atoms with Crippen LogP contribution in [0.2, 0.25) is 0 Å². The zero-order chi connectivity index (χ0) is 31.6. The molecule has 242 valence electrons. The minimum Gasteiger partial charge on any atom is -0.494 e. The number of hydrogen-bond donors (Lipinski definition) is 1. The van der Waals surface area contributed by atoms with Gasteiger partial charge >= 0.3 is 0 Å². The van der Waals surface area contributed by atoms with Crippen LogP contribution in [0.25, 0.3) is 21.9 Å². The molecular formula is C35H49N7O3. The number of benzene rings is 2. The van der Waals surface area contributed by atoms with E-state index in [4.69, 9.17) is 20.2 Å². The van der Waals surface area contributed by atoms with E-state index in [0.29, 0.717) is 32.1 Å². The van der Waals surface area contributed by atoms with E-state index in [1.165, 1.54) is 0 Å². The standard InChI is InChI=1S/C35H49N7O3/c1-4-6-12-31-38-33-34(29-10-7-8-11-30(29)37-35(33)36)42(31)18-9-17-41(25-27-13-15-28(16-14-27)45-5-2)32(43)26-40-21-19-39(20-22-40)23-24-44-3/h7-8,10-11,13-16H,4-6,9,12,17-26H2,1-3H3,(H2,36,37). The molecule has 0 bridgehead atoms. The Morgan fingerprint density at radius 3 is 2.44 bits per heavy atom. The molecule has 4 aromatic rings. The fourth-order valence-corrected chi connectivity index (χ4v) is 6.14. The Hall–Kier alpha value is -3.73. The van der Waals surface area contributed by atoms with Gasteiger partial charge in [0, 0.05) is 71.3 Å². The van der Waals surface area contributed by atoms with Crippen molar-refractivity contribution in [2.75, 3.05) is 71.9 Å². The Kier molecular flexibility index (Phi) is 11.6. The molecule has 0 unspecified atom stereocenters. The van der Waals surface area contributed by atoms with E-state index in [1.54, 1.807) is 7.11 Å². The summed E-state index contributed by atoms with van der Waals surface area (Å²) in [6.07, 6.45) is 3.82. The minimum atomic E-state index is 0.162. The highest BCUT2D eigenvalue weighted by Gasteiger charge is 2.23. The molecule has 0 atom stereocenters. The average molecular weight is 616 g/mol. The van der Waals surface area contributed by atoms with Gasteiger partial charge in [-0.05, 0) is 43.5 Å². The second kappa shape index (κ2) is 16.0. The van der Waals surface area contributed by atoms with Crippen molar-refractivity contribution in [2.24, 2.45) is 0 Å². The van der Waals surface area contributed by atoms with Crippen LogP contribution in [0.3, 0.4) is 0 Å². The van der Waals surface area contributed by atoms with Crippen LogP contribution in [-0.2, 0) is 29.0 Å². The van der Waals surface area contributed by atoms with E-state index in [2.05, 4.69) is 44.5 Å². The average Bonchev–Trinajstić information content (AvgIpc) is 3.43. The summed E-state index contributed by atoms with van der Waals surface area (Å²) in [5, 5.41) is 1.06. The van der Waals surface area contributed by atoms with Crippen LogP contribution in [0.5, 0.6) is 5.75 Å². The van der Waals surface area contributed by atoms with Crippen molar-refractivity contribution >= 4 is 33.7 Å². The number of piperazine rings is 1. The quantitative estimate of drug-likeness (QED) is 0.195. The molecule has 1 saturated heterocycles. The first-order chi connectivity index (χ1) is 22.0. The number of carbonyl (C=O) groups is 1. The molecule has 0 saturated carbocycles. The Bertz CT molecular complexity index is 1530. The second-order valence-electron chi connectivity index (χ2n) is 11.9. The molecule has 2 aromatic heterocycles. The fourth-order valence-electron chi connectivity index (χ4n) is 6.14. The van der Waals surface area contributed by atoms with E-state index in [1.807, 2.05) is 42.2 Å². The summed E-state index contributed by atoms with van der Waals surface area (Å²) in [5.41, 5.74) is 10.2. The number of aryl methyl sites for hydroxylation is 2. The van der Waals surface area contributed by atoms with Crippen LogP contribution in [0, 0.1) is 0 Å². The summed E-state index contributed by atoms with van der Waals surface area (Å²) in [6, 6.07) is 16.2. The number of rotatable bonds is 16. The van der Waals surface area contributed by atoms with Gasteiger partial charge in [-0.25, -0.2) is 9.97 Å². The number of ether oxygens (including phenoxy) is 2. The monoisotopic (exact) mass is 615 g/mol.